The lowest BCUT2D eigenvalue weighted by Gasteiger charge is -2.21. The Bertz CT molecular complexity index is 2300. The van der Waals surface area contributed by atoms with Gasteiger partial charge in [-0.05, 0) is 89.2 Å². The minimum Gasteiger partial charge on any atom is -0.462 e. The third-order valence-corrected chi connectivity index (χ3v) is 13.1. The zero-order valence-electron chi connectivity index (χ0n) is 43.3. The molecular formula is C54H79N3O16P2. The Morgan fingerprint density at radius 1 is 0.693 bits per heavy atom. The van der Waals surface area contributed by atoms with Gasteiger partial charge in [-0.3, -0.25) is 28.0 Å². The number of unbranched alkanes of at least 4 members (excludes halogenated alkanes) is 3. The van der Waals surface area contributed by atoms with E-state index in [1.54, 1.807) is 18.2 Å². The number of hydrogen-bond donors (Lipinski definition) is 5. The fourth-order valence-electron chi connectivity index (χ4n) is 6.58. The molecular weight excluding hydrogens is 1010 g/mol. The minimum absolute atomic E-state index is 0.00122. The van der Waals surface area contributed by atoms with E-state index in [0.717, 1.165) is 62.1 Å². The van der Waals surface area contributed by atoms with E-state index in [-0.39, 0.29) is 30.9 Å². The van der Waals surface area contributed by atoms with Crippen LogP contribution in [-0.2, 0) is 51.1 Å². The number of phosphoric acid groups is 2. The number of aromatic nitrogens is 2. The molecule has 75 heavy (non-hydrogen) atoms. The number of ketones is 1. The van der Waals surface area contributed by atoms with E-state index in [1.165, 1.54) is 6.07 Å². The van der Waals surface area contributed by atoms with Gasteiger partial charge in [0.1, 0.15) is 30.7 Å². The van der Waals surface area contributed by atoms with Crippen LogP contribution in [0.1, 0.15) is 129 Å². The number of esters is 2. The molecule has 0 bridgehead atoms. The van der Waals surface area contributed by atoms with Gasteiger partial charge in [-0.15, -0.1) is 0 Å². The number of nitrogens with zero attached hydrogens (tertiary/aromatic N) is 2. The molecule has 1 aliphatic heterocycles. The fourth-order valence-corrected chi connectivity index (χ4v) is 8.69. The van der Waals surface area contributed by atoms with Crippen LogP contribution in [0, 0.1) is 0 Å². The van der Waals surface area contributed by atoms with Gasteiger partial charge in [-0.2, -0.15) is 9.29 Å². The van der Waals surface area contributed by atoms with Gasteiger partial charge in [0, 0.05) is 25.5 Å². The van der Waals surface area contributed by atoms with E-state index >= 15 is 0 Å². The number of anilines is 1. The first-order chi connectivity index (χ1) is 36.1. The van der Waals surface area contributed by atoms with Crippen molar-refractivity contribution >= 4 is 39.2 Å². The van der Waals surface area contributed by atoms with Crippen molar-refractivity contribution < 1.29 is 71.1 Å². The molecule has 1 aromatic heterocycles. The van der Waals surface area contributed by atoms with Crippen LogP contribution in [0.25, 0.3) is 0 Å². The van der Waals surface area contributed by atoms with E-state index in [4.69, 9.17) is 29.0 Å². The van der Waals surface area contributed by atoms with Crippen molar-refractivity contribution in [3.8, 4) is 0 Å². The van der Waals surface area contributed by atoms with E-state index in [1.807, 2.05) is 54.7 Å². The summed E-state index contributed by atoms with van der Waals surface area (Å²) in [5.74, 6) is -1.40. The third kappa shape index (κ3) is 32.8. The van der Waals surface area contributed by atoms with Gasteiger partial charge in [0.25, 0.3) is 0 Å². The lowest BCUT2D eigenvalue weighted by Crippen LogP contribution is -2.36. The van der Waals surface area contributed by atoms with E-state index in [2.05, 4.69) is 71.8 Å². The number of rotatable bonds is 40. The summed E-state index contributed by atoms with van der Waals surface area (Å²) in [4.78, 5) is 73.6. The molecule has 2 unspecified atom stereocenters. The van der Waals surface area contributed by atoms with Gasteiger partial charge in [0.2, 0.25) is 0 Å². The van der Waals surface area contributed by atoms with Crippen molar-refractivity contribution in [2.45, 2.75) is 154 Å². The maximum Gasteiger partial charge on any atom is 0.481 e. The summed E-state index contributed by atoms with van der Waals surface area (Å²) < 4.78 is 56.6. The van der Waals surface area contributed by atoms with Crippen LogP contribution in [0.3, 0.4) is 0 Å². The number of carbonyl (C=O) groups excluding carboxylic acids is 3. The Morgan fingerprint density at radius 3 is 1.84 bits per heavy atom. The van der Waals surface area contributed by atoms with Crippen molar-refractivity contribution in [3.63, 3.8) is 0 Å². The maximum absolute atomic E-state index is 12.9. The molecule has 1 aromatic rings. The fraction of sp³-hybridized carbons (Fsp3) is 0.500. The summed E-state index contributed by atoms with van der Waals surface area (Å²) in [5.41, 5.74) is 4.57. The van der Waals surface area contributed by atoms with E-state index < -0.39 is 83.7 Å². The van der Waals surface area contributed by atoms with Gasteiger partial charge < -0.3 is 39.9 Å². The number of ether oxygens (including phenoxy) is 3. The number of carbonyl (C=O) groups is 3. The Balaban J connectivity index is 1.87. The van der Waals surface area contributed by atoms with Crippen LogP contribution in [0.4, 0.5) is 5.82 Å². The van der Waals surface area contributed by atoms with Gasteiger partial charge >= 0.3 is 33.3 Å². The van der Waals surface area contributed by atoms with Crippen molar-refractivity contribution in [1.82, 2.24) is 9.55 Å². The summed E-state index contributed by atoms with van der Waals surface area (Å²) in [6.45, 7) is 1.73. The van der Waals surface area contributed by atoms with Crippen LogP contribution in [0.15, 0.2) is 139 Å². The number of aliphatic hydroxyl groups is 2. The number of allylic oxidation sites excluding steroid dienone is 20. The second kappa shape index (κ2) is 40.1. The molecule has 0 spiro atoms. The van der Waals surface area contributed by atoms with E-state index in [0.29, 0.717) is 38.5 Å². The molecule has 1 saturated heterocycles. The molecule has 19 nitrogen and oxygen atoms in total. The molecule has 0 amide bonds. The van der Waals surface area contributed by atoms with Gasteiger partial charge in [-0.25, -0.2) is 13.9 Å². The monoisotopic (exact) mass is 1090 g/mol. The van der Waals surface area contributed by atoms with Crippen LogP contribution < -0.4 is 11.4 Å². The molecule has 7 atom stereocenters. The SMILES string of the molecule is CC/C=C\C/C=C\C/C=C\C/C=C\C/C=C\C/C=C\CCC(=O)O[C@H](COC(=O)CCC/C=C\C/C=C\C/C=C\C=C\C(=O)CCCCC)COP(=O)(O)OP(=O)(O)OC[C@H]1O[C@@H](n2ccc(N)nc2=O)[C@H](O)[C@@H]1O. The van der Waals surface area contributed by atoms with Crippen molar-refractivity contribution in [2.75, 3.05) is 25.6 Å². The van der Waals surface area contributed by atoms with Crippen LogP contribution in [0.2, 0.25) is 0 Å². The summed E-state index contributed by atoms with van der Waals surface area (Å²) in [5, 5.41) is 20.9. The van der Waals surface area contributed by atoms with Gasteiger partial charge in [0.15, 0.2) is 18.1 Å². The van der Waals surface area contributed by atoms with Crippen molar-refractivity contribution in [2.24, 2.45) is 0 Å². The number of phosphoric ester groups is 2. The quantitative estimate of drug-likeness (QED) is 0.0102. The van der Waals surface area contributed by atoms with Crippen LogP contribution >= 0.6 is 15.6 Å². The molecule has 0 saturated carbocycles. The molecule has 0 aromatic carbocycles. The number of hydrogen-bond acceptors (Lipinski definition) is 16. The van der Waals surface area contributed by atoms with Crippen molar-refractivity contribution in [1.29, 1.82) is 0 Å². The third-order valence-electron chi connectivity index (χ3n) is 10.5. The molecule has 6 N–H and O–H groups in total. The second-order valence-electron chi connectivity index (χ2n) is 17.0. The molecule has 1 aliphatic rings. The molecule has 2 heterocycles. The Morgan fingerprint density at radius 2 is 1.25 bits per heavy atom. The van der Waals surface area contributed by atoms with Gasteiger partial charge in [0.05, 0.1) is 13.2 Å². The largest absolute Gasteiger partial charge is 0.481 e. The predicted octanol–water partition coefficient (Wildman–Crippen LogP) is 9.95. The highest BCUT2D eigenvalue weighted by atomic mass is 31.3. The molecule has 1 fully saturated rings. The first kappa shape index (κ1) is 65.9. The Labute approximate surface area is 441 Å². The lowest BCUT2D eigenvalue weighted by atomic mass is 10.1. The highest BCUT2D eigenvalue weighted by molar-refractivity contribution is 7.61. The molecule has 2 rings (SSSR count). The summed E-state index contributed by atoms with van der Waals surface area (Å²) in [7, 11) is -10.9. The zero-order chi connectivity index (χ0) is 55.0. The molecule has 416 valence electrons. The van der Waals surface area contributed by atoms with Gasteiger partial charge in [-0.1, -0.05) is 142 Å². The Hall–Kier alpha value is -5.17. The maximum atomic E-state index is 12.9. The number of aliphatic hydroxyl groups excluding tert-OH is 2. The standard InChI is InChI=1S/C54H79N3O16P2/c1-3-5-7-8-9-10-11-12-13-14-15-16-17-18-21-25-28-31-35-39-50(60)71-46(42-68-49(59)38-34-30-27-24-22-19-20-23-26-29-33-37-45(58)36-32-6-4-2)43-69-74(64,65)73-75(66,67)70-44-47-51(61)52(62)53(72-47)57-41-40-48(55)56-54(57)63/h5,7,9-10,12-13,15-16,18-21,24,26-29,31,33,37,40-41,46-47,51-53,61-62H,3-4,6,8,11,14,17,22-23,25,30,32,34-36,38-39,42-44H2,1-2H3,(H,64,65)(H,66,67)(H2,55,56,63)/b7-5-,10-9-,13-12-,16-15-,20-19-,21-18-,27-24-,29-26-,31-28-,37-33+/t46-,47-,51-,52-,53-/m1/s1. The Kier molecular flexibility index (Phi) is 35.3. The first-order valence-electron chi connectivity index (χ1n) is 25.5. The smallest absolute Gasteiger partial charge is 0.462 e. The number of nitrogens with two attached hydrogens (primary N) is 1. The topological polar surface area (TPSA) is 283 Å². The minimum atomic E-state index is -5.47. The average molecular weight is 1090 g/mol. The normalized spacial score (nSPS) is 19.7. The summed E-state index contributed by atoms with van der Waals surface area (Å²) in [6.07, 6.45) is 44.3. The average Bonchev–Trinajstić information content (AvgIpc) is 3.64. The first-order valence-corrected chi connectivity index (χ1v) is 28.5. The number of nitrogen functional groups attached to an aromatic ring is 1. The summed E-state index contributed by atoms with van der Waals surface area (Å²) in [6, 6.07) is 1.23. The highest BCUT2D eigenvalue weighted by Crippen LogP contribution is 2.60. The molecule has 0 aliphatic carbocycles. The lowest BCUT2D eigenvalue weighted by molar-refractivity contribution is -0.161. The second-order valence-corrected chi connectivity index (χ2v) is 20.0. The van der Waals surface area contributed by atoms with Crippen molar-refractivity contribution in [3.05, 3.63) is 144 Å². The molecule has 0 radical (unpaired) electrons. The van der Waals surface area contributed by atoms with Crippen LogP contribution in [0.5, 0.6) is 0 Å². The van der Waals surface area contributed by atoms with Crippen LogP contribution in [-0.4, -0.2) is 91.5 Å². The van der Waals surface area contributed by atoms with E-state index in [9.17, 15) is 48.3 Å². The summed E-state index contributed by atoms with van der Waals surface area (Å²) >= 11 is 0. The predicted molar refractivity (Wildman–Crippen MR) is 289 cm³/mol. The molecule has 21 heteroatoms. The highest BCUT2D eigenvalue weighted by Gasteiger charge is 2.46. The zero-order valence-corrected chi connectivity index (χ0v) is 45.1.